The van der Waals surface area contributed by atoms with Gasteiger partial charge < -0.3 is 5.11 Å². The lowest BCUT2D eigenvalue weighted by Crippen LogP contribution is -2.35. The number of hydrogen-bond acceptors (Lipinski definition) is 2. The van der Waals surface area contributed by atoms with Gasteiger partial charge in [-0.2, -0.15) is 26.3 Å². The summed E-state index contributed by atoms with van der Waals surface area (Å²) in [7, 11) is 0. The Morgan fingerprint density at radius 3 is 2.09 bits per heavy atom. The molecule has 0 unspecified atom stereocenters. The Morgan fingerprint density at radius 2 is 1.61 bits per heavy atom. The SMILES string of the molecule is OCCCN(CC#Cc1ccc(C(F)(F)F)cc1)CC(F)(F)F. The molecule has 0 aliphatic heterocycles. The quantitative estimate of drug-likeness (QED) is 0.657. The number of rotatable bonds is 5. The zero-order valence-corrected chi connectivity index (χ0v) is 12.0. The molecule has 0 aromatic heterocycles. The van der Waals surface area contributed by atoms with Crippen LogP contribution in [0.15, 0.2) is 24.3 Å². The molecule has 128 valence electrons. The first-order valence-corrected chi connectivity index (χ1v) is 6.68. The number of alkyl halides is 6. The molecule has 8 heteroatoms. The summed E-state index contributed by atoms with van der Waals surface area (Å²) < 4.78 is 74.3. The lowest BCUT2D eigenvalue weighted by molar-refractivity contribution is -0.144. The molecule has 0 heterocycles. The minimum Gasteiger partial charge on any atom is -0.396 e. The average Bonchev–Trinajstić information content (AvgIpc) is 2.42. The summed E-state index contributed by atoms with van der Waals surface area (Å²) >= 11 is 0. The highest BCUT2D eigenvalue weighted by atomic mass is 19.4. The molecule has 2 nitrogen and oxygen atoms in total. The fourth-order valence-electron chi connectivity index (χ4n) is 1.76. The third-order valence-corrected chi connectivity index (χ3v) is 2.78. The van der Waals surface area contributed by atoms with Crippen LogP contribution in [0.25, 0.3) is 0 Å². The first kappa shape index (κ1) is 19.3. The van der Waals surface area contributed by atoms with Crippen LogP contribution in [0.5, 0.6) is 0 Å². The van der Waals surface area contributed by atoms with Crippen LogP contribution >= 0.6 is 0 Å². The van der Waals surface area contributed by atoms with E-state index in [-0.39, 0.29) is 31.7 Å². The standard InChI is InChI=1S/C15H15F6NO/c16-14(17,18)11-22(9-2-10-23)8-1-3-12-4-6-13(7-5-12)15(19,20)21/h4-7,23H,2,8-11H2. The molecule has 1 N–H and O–H groups in total. The molecule has 1 aromatic rings. The molecular weight excluding hydrogens is 324 g/mol. The zero-order valence-electron chi connectivity index (χ0n) is 12.0. The Labute approximate surface area is 129 Å². The van der Waals surface area contributed by atoms with Crippen molar-refractivity contribution in [3.8, 4) is 11.8 Å². The van der Waals surface area contributed by atoms with Crippen LogP contribution in [-0.2, 0) is 6.18 Å². The number of aliphatic hydroxyl groups excluding tert-OH is 1. The molecule has 0 saturated heterocycles. The molecule has 0 aliphatic carbocycles. The van der Waals surface area contributed by atoms with Gasteiger partial charge in [0.1, 0.15) is 0 Å². The largest absolute Gasteiger partial charge is 0.416 e. The fraction of sp³-hybridized carbons (Fsp3) is 0.467. The second-order valence-corrected chi connectivity index (χ2v) is 4.78. The molecule has 0 aliphatic rings. The highest BCUT2D eigenvalue weighted by Crippen LogP contribution is 2.28. The van der Waals surface area contributed by atoms with E-state index in [0.29, 0.717) is 0 Å². The van der Waals surface area contributed by atoms with Crippen molar-refractivity contribution in [3.05, 3.63) is 35.4 Å². The Morgan fingerprint density at radius 1 is 1.00 bits per heavy atom. The number of benzene rings is 1. The minimum atomic E-state index is -4.44. The van der Waals surface area contributed by atoms with Crippen LogP contribution in [-0.4, -0.2) is 42.4 Å². The van der Waals surface area contributed by atoms with Gasteiger partial charge in [-0.15, -0.1) is 0 Å². The number of hydrogen-bond donors (Lipinski definition) is 1. The fourth-order valence-corrected chi connectivity index (χ4v) is 1.76. The number of nitrogens with zero attached hydrogens (tertiary/aromatic N) is 1. The minimum absolute atomic E-state index is 0.0255. The topological polar surface area (TPSA) is 23.5 Å². The summed E-state index contributed by atoms with van der Waals surface area (Å²) in [5.41, 5.74) is -0.531. The molecular formula is C15H15F6NO. The van der Waals surface area contributed by atoms with Crippen molar-refractivity contribution >= 4 is 0 Å². The number of halogens is 6. The van der Waals surface area contributed by atoms with Crippen molar-refractivity contribution in [2.75, 3.05) is 26.2 Å². The monoisotopic (exact) mass is 339 g/mol. The van der Waals surface area contributed by atoms with Crippen molar-refractivity contribution in [1.82, 2.24) is 4.90 Å². The van der Waals surface area contributed by atoms with Gasteiger partial charge in [0.2, 0.25) is 0 Å². The summed E-state index contributed by atoms with van der Waals surface area (Å²) in [6, 6.07) is 4.06. The van der Waals surface area contributed by atoms with Crippen LogP contribution in [0.1, 0.15) is 17.5 Å². The molecule has 1 aromatic carbocycles. The number of aliphatic hydroxyl groups is 1. The van der Waals surface area contributed by atoms with E-state index in [2.05, 4.69) is 11.8 Å². The zero-order chi connectivity index (χ0) is 17.5. The smallest absolute Gasteiger partial charge is 0.396 e. The maximum absolute atomic E-state index is 12.4. The van der Waals surface area contributed by atoms with Gasteiger partial charge in [0.25, 0.3) is 0 Å². The Bertz CT molecular complexity index is 538. The maximum Gasteiger partial charge on any atom is 0.416 e. The van der Waals surface area contributed by atoms with E-state index < -0.39 is 24.5 Å². The predicted molar refractivity (Wildman–Crippen MR) is 72.5 cm³/mol. The van der Waals surface area contributed by atoms with Crippen LogP contribution in [0.3, 0.4) is 0 Å². The van der Waals surface area contributed by atoms with Crippen LogP contribution in [0, 0.1) is 11.8 Å². The second-order valence-electron chi connectivity index (χ2n) is 4.78. The van der Waals surface area contributed by atoms with E-state index in [1.165, 1.54) is 0 Å². The third-order valence-electron chi connectivity index (χ3n) is 2.78. The summed E-state index contributed by atoms with van der Waals surface area (Å²) in [6.07, 6.45) is -8.65. The van der Waals surface area contributed by atoms with Gasteiger partial charge in [-0.1, -0.05) is 11.8 Å². The average molecular weight is 339 g/mol. The summed E-state index contributed by atoms with van der Waals surface area (Å²) in [4.78, 5) is 1.02. The summed E-state index contributed by atoms with van der Waals surface area (Å²) in [5, 5.41) is 8.67. The van der Waals surface area contributed by atoms with Gasteiger partial charge in [0.15, 0.2) is 0 Å². The van der Waals surface area contributed by atoms with Gasteiger partial charge >= 0.3 is 12.4 Å². The van der Waals surface area contributed by atoms with Gasteiger partial charge in [0, 0.05) is 18.7 Å². The van der Waals surface area contributed by atoms with Crippen LogP contribution in [0.4, 0.5) is 26.3 Å². The predicted octanol–water partition coefficient (Wildman–Crippen LogP) is 3.30. The van der Waals surface area contributed by atoms with E-state index in [9.17, 15) is 26.3 Å². The van der Waals surface area contributed by atoms with Gasteiger partial charge in [-0.05, 0) is 30.7 Å². The van der Waals surface area contributed by atoms with E-state index in [1.54, 1.807) is 0 Å². The van der Waals surface area contributed by atoms with E-state index in [1.807, 2.05) is 0 Å². The molecule has 0 radical (unpaired) electrons. The highest BCUT2D eigenvalue weighted by molar-refractivity contribution is 5.37. The Hall–Kier alpha value is -1.72. The normalized spacial score (nSPS) is 12.2. The van der Waals surface area contributed by atoms with Crippen molar-refractivity contribution in [1.29, 1.82) is 0 Å². The Balaban J connectivity index is 2.68. The first-order valence-electron chi connectivity index (χ1n) is 6.68. The lowest BCUT2D eigenvalue weighted by atomic mass is 10.1. The molecule has 0 saturated carbocycles. The molecule has 0 fully saturated rings. The van der Waals surface area contributed by atoms with Crippen molar-refractivity contribution in [2.45, 2.75) is 18.8 Å². The van der Waals surface area contributed by atoms with E-state index in [0.717, 1.165) is 29.2 Å². The molecule has 0 bridgehead atoms. The van der Waals surface area contributed by atoms with Crippen LogP contribution in [0.2, 0.25) is 0 Å². The van der Waals surface area contributed by atoms with E-state index in [4.69, 9.17) is 5.11 Å². The Kier molecular flexibility index (Phi) is 6.91. The molecule has 0 spiro atoms. The molecule has 0 amide bonds. The third kappa shape index (κ3) is 7.90. The molecule has 0 atom stereocenters. The van der Waals surface area contributed by atoms with Crippen molar-refractivity contribution in [3.63, 3.8) is 0 Å². The second kappa shape index (κ2) is 8.22. The van der Waals surface area contributed by atoms with Gasteiger partial charge in [-0.3, -0.25) is 4.90 Å². The lowest BCUT2D eigenvalue weighted by Gasteiger charge is -2.20. The maximum atomic E-state index is 12.4. The van der Waals surface area contributed by atoms with Gasteiger partial charge in [0.05, 0.1) is 18.7 Å². The summed E-state index contributed by atoms with van der Waals surface area (Å²) in [6.45, 7) is -1.56. The highest BCUT2D eigenvalue weighted by Gasteiger charge is 2.30. The van der Waals surface area contributed by atoms with E-state index >= 15 is 0 Å². The summed E-state index contributed by atoms with van der Waals surface area (Å²) in [5.74, 6) is 5.03. The molecule has 1 rings (SSSR count). The van der Waals surface area contributed by atoms with Crippen molar-refractivity contribution in [2.24, 2.45) is 0 Å². The van der Waals surface area contributed by atoms with Crippen LogP contribution < -0.4 is 0 Å². The van der Waals surface area contributed by atoms with Gasteiger partial charge in [-0.25, -0.2) is 0 Å². The first-order chi connectivity index (χ1) is 10.6. The molecule has 23 heavy (non-hydrogen) atoms. The van der Waals surface area contributed by atoms with Crippen molar-refractivity contribution < 1.29 is 31.4 Å².